The molecule has 2 rings (SSSR count). The molecule has 0 atom stereocenters. The van der Waals surface area contributed by atoms with E-state index in [0.29, 0.717) is 13.1 Å². The summed E-state index contributed by atoms with van der Waals surface area (Å²) >= 11 is 0. The third kappa shape index (κ3) is 3.28. The molecule has 1 aliphatic heterocycles. The zero-order valence-corrected chi connectivity index (χ0v) is 11.5. The number of piperazine rings is 1. The van der Waals surface area contributed by atoms with Gasteiger partial charge in [0.15, 0.2) is 0 Å². The Morgan fingerprint density at radius 3 is 2.61 bits per heavy atom. The molecule has 1 fully saturated rings. The zero-order chi connectivity index (χ0) is 13.0. The molecule has 0 radical (unpaired) electrons. The zero-order valence-electron chi connectivity index (χ0n) is 10.7. The van der Waals surface area contributed by atoms with E-state index >= 15 is 0 Å². The summed E-state index contributed by atoms with van der Waals surface area (Å²) in [6, 6.07) is 5.91. The minimum absolute atomic E-state index is 0.197. The fraction of sp³-hybridized carbons (Fsp3) is 0.583. The number of sulfonamides is 1. The summed E-state index contributed by atoms with van der Waals surface area (Å²) in [6.07, 6.45) is 1.80. The Morgan fingerprint density at radius 1 is 1.33 bits per heavy atom. The second kappa shape index (κ2) is 5.77. The monoisotopic (exact) mass is 270 g/mol. The fourth-order valence-electron chi connectivity index (χ4n) is 2.20. The largest absolute Gasteiger partial charge is 0.328 e. The molecule has 5 nitrogen and oxygen atoms in total. The number of hydrogen-bond donors (Lipinski definition) is 1. The van der Waals surface area contributed by atoms with Gasteiger partial charge in [0.25, 0.3) is 0 Å². The Hall–Kier alpha value is -0.980. The topological polar surface area (TPSA) is 54.7 Å². The van der Waals surface area contributed by atoms with E-state index in [1.807, 2.05) is 18.2 Å². The first-order valence-corrected chi connectivity index (χ1v) is 7.94. The molecule has 1 aromatic heterocycles. The van der Waals surface area contributed by atoms with Crippen LogP contribution in [0.1, 0.15) is 12.6 Å². The van der Waals surface area contributed by atoms with Crippen molar-refractivity contribution in [2.24, 2.45) is 0 Å². The second-order valence-corrected chi connectivity index (χ2v) is 6.81. The van der Waals surface area contributed by atoms with Crippen molar-refractivity contribution in [3.05, 3.63) is 30.1 Å². The highest BCUT2D eigenvalue weighted by Gasteiger charge is 2.27. The highest BCUT2D eigenvalue weighted by Crippen LogP contribution is 2.01. The van der Waals surface area contributed by atoms with Gasteiger partial charge >= 0.3 is 0 Å². The average molecular weight is 270 g/mol. The predicted molar refractivity (Wildman–Crippen MR) is 69.7 cm³/mol. The van der Waals surface area contributed by atoms with Crippen molar-refractivity contribution >= 4 is 10.0 Å². The molecule has 1 saturated heterocycles. The molecule has 0 aromatic carbocycles. The molecule has 0 bridgehead atoms. The maximum Gasteiger partial charge on any atom is 0.214 e. The Morgan fingerprint density at radius 2 is 2.06 bits per heavy atom. The highest BCUT2D eigenvalue weighted by molar-refractivity contribution is 7.89. The van der Waals surface area contributed by atoms with E-state index in [4.69, 9.17) is 0 Å². The minimum Gasteiger partial charge on any atom is -0.328 e. The van der Waals surface area contributed by atoms with E-state index in [1.54, 1.807) is 17.4 Å². The van der Waals surface area contributed by atoms with E-state index in [9.17, 15) is 8.42 Å². The number of pyridine rings is 1. The lowest BCUT2D eigenvalue weighted by Crippen LogP contribution is -3.13. The maximum atomic E-state index is 11.7. The molecule has 0 amide bonds. The molecule has 2 heterocycles. The first kappa shape index (κ1) is 13.5. The summed E-state index contributed by atoms with van der Waals surface area (Å²) in [6.45, 7) is 5.53. The summed E-state index contributed by atoms with van der Waals surface area (Å²) in [5, 5.41) is 0. The van der Waals surface area contributed by atoms with Crippen LogP contribution in [0, 0.1) is 0 Å². The quantitative estimate of drug-likeness (QED) is 0.774. The highest BCUT2D eigenvalue weighted by atomic mass is 32.2. The van der Waals surface area contributed by atoms with Crippen molar-refractivity contribution < 1.29 is 13.3 Å². The van der Waals surface area contributed by atoms with Gasteiger partial charge in [-0.1, -0.05) is 6.07 Å². The standard InChI is InChI=1S/C12H19N3O2S/c1-2-18(16,17)15-9-7-14(8-10-15)11-12-5-3-4-6-13-12/h3-6H,2,7-11H2,1H3/p+1. The van der Waals surface area contributed by atoms with Crippen LogP contribution in [0.2, 0.25) is 0 Å². The molecular formula is C12H20N3O2S+. The molecule has 100 valence electrons. The van der Waals surface area contributed by atoms with Crippen molar-refractivity contribution in [2.75, 3.05) is 31.9 Å². The van der Waals surface area contributed by atoms with E-state index in [2.05, 4.69) is 4.98 Å². The normalized spacial score (nSPS) is 18.9. The van der Waals surface area contributed by atoms with E-state index in [-0.39, 0.29) is 5.75 Å². The molecule has 18 heavy (non-hydrogen) atoms. The number of quaternary nitrogens is 1. The van der Waals surface area contributed by atoms with Crippen LogP contribution in [0.3, 0.4) is 0 Å². The minimum atomic E-state index is -3.01. The molecule has 0 spiro atoms. The summed E-state index contributed by atoms with van der Waals surface area (Å²) in [5.41, 5.74) is 1.07. The fourth-order valence-corrected chi connectivity index (χ4v) is 3.30. The lowest BCUT2D eigenvalue weighted by molar-refractivity contribution is -0.917. The molecule has 6 heteroatoms. The van der Waals surface area contributed by atoms with Crippen molar-refractivity contribution in [2.45, 2.75) is 13.5 Å². The Bertz CT molecular complexity index is 467. The predicted octanol–water partition coefficient (Wildman–Crippen LogP) is -0.868. The number of hydrogen-bond acceptors (Lipinski definition) is 3. The van der Waals surface area contributed by atoms with Gasteiger partial charge < -0.3 is 4.90 Å². The lowest BCUT2D eigenvalue weighted by Gasteiger charge is -2.31. The van der Waals surface area contributed by atoms with Gasteiger partial charge in [-0.15, -0.1) is 0 Å². The maximum absolute atomic E-state index is 11.7. The van der Waals surface area contributed by atoms with Gasteiger partial charge in [-0.2, -0.15) is 4.31 Å². The van der Waals surface area contributed by atoms with Crippen LogP contribution in [0.25, 0.3) is 0 Å². The van der Waals surface area contributed by atoms with Crippen LogP contribution in [-0.4, -0.2) is 49.6 Å². The van der Waals surface area contributed by atoms with Gasteiger partial charge in [-0.3, -0.25) is 4.98 Å². The third-order valence-corrected chi connectivity index (χ3v) is 5.23. The molecule has 0 unspecified atom stereocenters. The van der Waals surface area contributed by atoms with Crippen molar-refractivity contribution in [3.63, 3.8) is 0 Å². The third-order valence-electron chi connectivity index (χ3n) is 3.34. The number of rotatable bonds is 4. The molecule has 1 aromatic rings. The first-order valence-electron chi connectivity index (χ1n) is 6.33. The molecule has 0 saturated carbocycles. The molecule has 1 aliphatic rings. The molecule has 1 N–H and O–H groups in total. The van der Waals surface area contributed by atoms with Crippen LogP contribution in [0.15, 0.2) is 24.4 Å². The second-order valence-electron chi connectivity index (χ2n) is 4.55. The number of aromatic nitrogens is 1. The summed E-state index contributed by atoms with van der Waals surface area (Å²) in [7, 11) is -3.01. The van der Waals surface area contributed by atoms with Crippen LogP contribution < -0.4 is 4.90 Å². The Balaban J connectivity index is 1.88. The Labute approximate surface area is 108 Å². The lowest BCUT2D eigenvalue weighted by atomic mass is 10.3. The summed E-state index contributed by atoms with van der Waals surface area (Å²) < 4.78 is 25.1. The van der Waals surface area contributed by atoms with Crippen LogP contribution >= 0.6 is 0 Å². The van der Waals surface area contributed by atoms with Crippen LogP contribution in [0.4, 0.5) is 0 Å². The first-order chi connectivity index (χ1) is 8.62. The smallest absolute Gasteiger partial charge is 0.214 e. The summed E-state index contributed by atoms with van der Waals surface area (Å²) in [4.78, 5) is 5.70. The van der Waals surface area contributed by atoms with Gasteiger partial charge in [-0.05, 0) is 19.1 Å². The van der Waals surface area contributed by atoms with E-state index in [1.165, 1.54) is 4.90 Å². The van der Waals surface area contributed by atoms with Gasteiger partial charge in [0.1, 0.15) is 6.54 Å². The number of nitrogens with one attached hydrogen (secondary N) is 1. The van der Waals surface area contributed by atoms with Gasteiger partial charge in [0.05, 0.1) is 37.6 Å². The molecular weight excluding hydrogens is 250 g/mol. The Kier molecular flexibility index (Phi) is 4.31. The number of nitrogens with zero attached hydrogens (tertiary/aromatic N) is 2. The van der Waals surface area contributed by atoms with Crippen molar-refractivity contribution in [1.82, 2.24) is 9.29 Å². The average Bonchev–Trinajstić information content (AvgIpc) is 2.40. The van der Waals surface area contributed by atoms with Gasteiger partial charge in [0.2, 0.25) is 10.0 Å². The molecule has 0 aliphatic carbocycles. The van der Waals surface area contributed by atoms with E-state index < -0.39 is 10.0 Å². The van der Waals surface area contributed by atoms with Gasteiger partial charge in [-0.25, -0.2) is 8.42 Å². The van der Waals surface area contributed by atoms with Crippen LogP contribution in [0.5, 0.6) is 0 Å². The van der Waals surface area contributed by atoms with Gasteiger partial charge in [0, 0.05) is 6.20 Å². The summed E-state index contributed by atoms with van der Waals surface area (Å²) in [5.74, 6) is 0.197. The van der Waals surface area contributed by atoms with Crippen molar-refractivity contribution in [3.8, 4) is 0 Å². The van der Waals surface area contributed by atoms with Crippen LogP contribution in [-0.2, 0) is 16.6 Å². The SMILES string of the molecule is CCS(=O)(=O)N1CC[NH+](Cc2ccccn2)CC1. The van der Waals surface area contributed by atoms with Crippen molar-refractivity contribution in [1.29, 1.82) is 0 Å². The van der Waals surface area contributed by atoms with E-state index in [0.717, 1.165) is 25.3 Å².